The first kappa shape index (κ1) is 23.3. The van der Waals surface area contributed by atoms with E-state index in [2.05, 4.69) is 33.9 Å². The molecule has 1 atom stereocenters. The third-order valence-electron chi connectivity index (χ3n) is 5.34. The maximum Gasteiger partial charge on any atom is 0.264 e. The number of hydrogen-bond acceptors (Lipinski definition) is 5. The zero-order chi connectivity index (χ0) is 23.6. The van der Waals surface area contributed by atoms with E-state index in [-0.39, 0.29) is 26.6 Å². The van der Waals surface area contributed by atoms with E-state index in [4.69, 9.17) is 23.2 Å². The smallest absolute Gasteiger partial charge is 0.264 e. The normalized spacial score (nSPS) is 12.5. The molecule has 0 radical (unpaired) electrons. The van der Waals surface area contributed by atoms with Crippen molar-refractivity contribution >= 4 is 61.6 Å². The molecule has 4 aromatic rings. The summed E-state index contributed by atoms with van der Waals surface area (Å²) in [5, 5.41) is 3.49. The van der Waals surface area contributed by atoms with E-state index in [1.165, 1.54) is 23.8 Å². The minimum atomic E-state index is -4.08. The maximum atomic E-state index is 13.1. The Morgan fingerprint density at radius 1 is 0.909 bits per heavy atom. The van der Waals surface area contributed by atoms with Crippen molar-refractivity contribution in [2.24, 2.45) is 0 Å². The Kier molecular flexibility index (Phi) is 6.74. The van der Waals surface area contributed by atoms with Crippen molar-refractivity contribution < 1.29 is 8.42 Å². The van der Waals surface area contributed by atoms with Gasteiger partial charge < -0.3 is 5.32 Å². The second kappa shape index (κ2) is 9.55. The van der Waals surface area contributed by atoms with Gasteiger partial charge in [-0.15, -0.1) is 0 Å². The number of benzene rings is 3. The molecule has 170 valence electrons. The predicted octanol–water partition coefficient (Wildman–Crippen LogP) is 6.99. The van der Waals surface area contributed by atoms with Gasteiger partial charge >= 0.3 is 0 Å². The number of aromatic nitrogens is 2. The molecule has 1 aromatic heterocycles. The molecule has 0 saturated carbocycles. The fourth-order valence-corrected chi connectivity index (χ4v) is 5.06. The van der Waals surface area contributed by atoms with Crippen LogP contribution in [0.2, 0.25) is 10.0 Å². The molecular weight excluding hydrogens is 479 g/mol. The number of sulfonamides is 1. The van der Waals surface area contributed by atoms with Crippen molar-refractivity contribution in [3.05, 3.63) is 82.3 Å². The molecule has 0 fully saturated rings. The number of anilines is 3. The Labute approximate surface area is 203 Å². The van der Waals surface area contributed by atoms with Gasteiger partial charge in [-0.05, 0) is 60.4 Å². The summed E-state index contributed by atoms with van der Waals surface area (Å²) >= 11 is 12.1. The fraction of sp³-hybridized carbons (Fsp3) is 0.167. The van der Waals surface area contributed by atoms with Crippen molar-refractivity contribution in [1.82, 2.24) is 9.97 Å². The van der Waals surface area contributed by atoms with Crippen LogP contribution in [0, 0.1) is 0 Å². The molecular formula is C24H22Cl2N4O2S. The van der Waals surface area contributed by atoms with Crippen LogP contribution in [0.1, 0.15) is 31.7 Å². The maximum absolute atomic E-state index is 13.1. The summed E-state index contributed by atoms with van der Waals surface area (Å²) in [5.74, 6) is 0.770. The minimum Gasteiger partial charge on any atom is -0.337 e. The summed E-state index contributed by atoms with van der Waals surface area (Å²) in [7, 11) is -4.08. The van der Waals surface area contributed by atoms with Gasteiger partial charge in [0.15, 0.2) is 11.6 Å². The van der Waals surface area contributed by atoms with Crippen molar-refractivity contribution in [3.63, 3.8) is 0 Å². The summed E-state index contributed by atoms with van der Waals surface area (Å²) < 4.78 is 28.8. The van der Waals surface area contributed by atoms with Gasteiger partial charge in [0.05, 0.1) is 16.1 Å². The van der Waals surface area contributed by atoms with E-state index in [0.29, 0.717) is 17.0 Å². The van der Waals surface area contributed by atoms with Crippen LogP contribution in [0.4, 0.5) is 17.3 Å². The van der Waals surface area contributed by atoms with Gasteiger partial charge in [-0.2, -0.15) is 0 Å². The molecule has 1 heterocycles. The van der Waals surface area contributed by atoms with Gasteiger partial charge in [-0.3, -0.25) is 4.72 Å². The molecule has 0 aliphatic rings. The van der Waals surface area contributed by atoms with E-state index in [9.17, 15) is 8.42 Å². The average molecular weight is 501 g/mol. The van der Waals surface area contributed by atoms with Crippen LogP contribution in [-0.2, 0) is 10.0 Å². The summed E-state index contributed by atoms with van der Waals surface area (Å²) in [6.07, 6.45) is 1.04. The second-order valence-corrected chi connectivity index (χ2v) is 10.1. The lowest BCUT2D eigenvalue weighted by molar-refractivity contribution is 0.601. The van der Waals surface area contributed by atoms with Crippen molar-refractivity contribution in [1.29, 1.82) is 0 Å². The van der Waals surface area contributed by atoms with Gasteiger partial charge in [0.25, 0.3) is 10.0 Å². The van der Waals surface area contributed by atoms with Crippen LogP contribution < -0.4 is 10.0 Å². The topological polar surface area (TPSA) is 84.0 Å². The molecule has 9 heteroatoms. The molecule has 33 heavy (non-hydrogen) atoms. The van der Waals surface area contributed by atoms with E-state index in [0.717, 1.165) is 12.1 Å². The SMILES string of the molecule is CC[C@@H](C)c1ccc(Nc2nc3ccccc3nc2NS(=O)(=O)c2cc(Cl)ccc2Cl)cc1. The Bertz CT molecular complexity index is 1410. The number of hydrogen-bond donors (Lipinski definition) is 2. The number of halogens is 2. The highest BCUT2D eigenvalue weighted by Crippen LogP contribution is 2.31. The number of nitrogens with one attached hydrogen (secondary N) is 2. The molecule has 0 spiro atoms. The molecule has 2 N–H and O–H groups in total. The minimum absolute atomic E-state index is 0.0516. The molecule has 0 amide bonds. The van der Waals surface area contributed by atoms with Crippen LogP contribution in [0.25, 0.3) is 11.0 Å². The monoisotopic (exact) mass is 500 g/mol. The van der Waals surface area contributed by atoms with E-state index in [1.807, 2.05) is 42.5 Å². The lowest BCUT2D eigenvalue weighted by Gasteiger charge is -2.15. The van der Waals surface area contributed by atoms with Crippen LogP contribution in [0.5, 0.6) is 0 Å². The number of para-hydroxylation sites is 2. The molecule has 0 aliphatic heterocycles. The highest BCUT2D eigenvalue weighted by molar-refractivity contribution is 7.92. The third kappa shape index (κ3) is 5.21. The Morgan fingerprint density at radius 3 is 2.18 bits per heavy atom. The summed E-state index contributed by atoms with van der Waals surface area (Å²) in [6, 6.07) is 19.4. The molecule has 4 rings (SSSR count). The third-order valence-corrected chi connectivity index (χ3v) is 7.39. The summed E-state index contributed by atoms with van der Waals surface area (Å²) in [5.41, 5.74) is 3.15. The van der Waals surface area contributed by atoms with Crippen molar-refractivity contribution in [2.45, 2.75) is 31.1 Å². The highest BCUT2D eigenvalue weighted by Gasteiger charge is 2.22. The lowest BCUT2D eigenvalue weighted by Crippen LogP contribution is -2.16. The first-order valence-electron chi connectivity index (χ1n) is 10.4. The van der Waals surface area contributed by atoms with Gasteiger partial charge in [0, 0.05) is 10.7 Å². The largest absolute Gasteiger partial charge is 0.337 e. The zero-order valence-electron chi connectivity index (χ0n) is 18.0. The van der Waals surface area contributed by atoms with Crippen molar-refractivity contribution in [2.75, 3.05) is 10.0 Å². The Hall–Kier alpha value is -2.87. The Balaban J connectivity index is 1.74. The van der Waals surface area contributed by atoms with Gasteiger partial charge in [-0.1, -0.05) is 61.3 Å². The molecule has 0 unspecified atom stereocenters. The van der Waals surface area contributed by atoms with E-state index < -0.39 is 10.0 Å². The van der Waals surface area contributed by atoms with Gasteiger partial charge in [0.2, 0.25) is 0 Å². The number of nitrogens with zero attached hydrogens (tertiary/aromatic N) is 2. The molecule has 6 nitrogen and oxygen atoms in total. The molecule has 0 aliphatic carbocycles. The quantitative estimate of drug-likeness (QED) is 0.285. The lowest BCUT2D eigenvalue weighted by atomic mass is 9.99. The molecule has 0 bridgehead atoms. The number of fused-ring (bicyclic) bond motifs is 1. The predicted molar refractivity (Wildman–Crippen MR) is 135 cm³/mol. The average Bonchev–Trinajstić information content (AvgIpc) is 2.80. The van der Waals surface area contributed by atoms with Crippen LogP contribution >= 0.6 is 23.2 Å². The van der Waals surface area contributed by atoms with Crippen LogP contribution in [-0.4, -0.2) is 18.4 Å². The fourth-order valence-electron chi connectivity index (χ4n) is 3.29. The van der Waals surface area contributed by atoms with Gasteiger partial charge in [-0.25, -0.2) is 18.4 Å². The summed E-state index contributed by atoms with van der Waals surface area (Å²) in [6.45, 7) is 4.32. The highest BCUT2D eigenvalue weighted by atomic mass is 35.5. The summed E-state index contributed by atoms with van der Waals surface area (Å²) in [4.78, 5) is 8.96. The van der Waals surface area contributed by atoms with E-state index in [1.54, 1.807) is 6.07 Å². The zero-order valence-corrected chi connectivity index (χ0v) is 20.3. The standard InChI is InChI=1S/C24H22Cl2N4O2S/c1-3-15(2)16-8-11-18(12-9-16)27-23-24(29-21-7-5-4-6-20(21)28-23)30-33(31,32)22-14-17(25)10-13-19(22)26/h4-15H,3H2,1-2H3,(H,27,28)(H,29,30)/t15-/m1/s1. The van der Waals surface area contributed by atoms with Crippen molar-refractivity contribution in [3.8, 4) is 0 Å². The first-order valence-corrected chi connectivity index (χ1v) is 12.6. The van der Waals surface area contributed by atoms with Gasteiger partial charge in [0.1, 0.15) is 4.90 Å². The van der Waals surface area contributed by atoms with Crippen LogP contribution in [0.3, 0.4) is 0 Å². The Morgan fingerprint density at radius 2 is 1.55 bits per heavy atom. The molecule has 0 saturated heterocycles. The number of rotatable bonds is 7. The molecule has 3 aromatic carbocycles. The van der Waals surface area contributed by atoms with Crippen LogP contribution in [0.15, 0.2) is 71.6 Å². The first-order chi connectivity index (χ1) is 15.8. The second-order valence-electron chi connectivity index (χ2n) is 7.65. The van der Waals surface area contributed by atoms with E-state index >= 15 is 0 Å².